The number of hydrogen-bond acceptors (Lipinski definition) is 2. The van der Waals surface area contributed by atoms with Crippen LogP contribution in [0.5, 0.6) is 0 Å². The van der Waals surface area contributed by atoms with E-state index in [0.29, 0.717) is 35.1 Å². The third-order valence-corrected chi connectivity index (χ3v) is 3.93. The fraction of sp³-hybridized carbons (Fsp3) is 0.333. The molecule has 0 bridgehead atoms. The summed E-state index contributed by atoms with van der Waals surface area (Å²) < 4.78 is 0. The van der Waals surface area contributed by atoms with Crippen LogP contribution in [0.25, 0.3) is 6.08 Å². The molecule has 1 aliphatic heterocycles. The van der Waals surface area contributed by atoms with Crippen molar-refractivity contribution in [1.29, 1.82) is 0 Å². The van der Waals surface area contributed by atoms with E-state index in [1.165, 1.54) is 6.08 Å². The molecular weight excluding hydrogens is 311 g/mol. The van der Waals surface area contributed by atoms with E-state index in [1.807, 2.05) is 6.92 Å². The summed E-state index contributed by atoms with van der Waals surface area (Å²) in [4.78, 5) is 25.6. The SMILES string of the molecule is CCC1C(=O)NCCN1C(=O)C=Cc1ccc(Cl)cc1Cl. The van der Waals surface area contributed by atoms with Crippen molar-refractivity contribution in [2.24, 2.45) is 0 Å². The molecule has 1 heterocycles. The highest BCUT2D eigenvalue weighted by atomic mass is 35.5. The highest BCUT2D eigenvalue weighted by Gasteiger charge is 2.30. The van der Waals surface area contributed by atoms with E-state index < -0.39 is 6.04 Å². The first kappa shape index (κ1) is 15.9. The maximum Gasteiger partial charge on any atom is 0.247 e. The second kappa shape index (κ2) is 6.96. The normalized spacial score (nSPS) is 18.9. The van der Waals surface area contributed by atoms with Gasteiger partial charge in [-0.15, -0.1) is 0 Å². The van der Waals surface area contributed by atoms with Crippen LogP contribution in [0.15, 0.2) is 24.3 Å². The third kappa shape index (κ3) is 3.77. The predicted octanol–water partition coefficient (Wildman–Crippen LogP) is 2.74. The minimum atomic E-state index is -0.406. The van der Waals surface area contributed by atoms with E-state index in [1.54, 1.807) is 29.2 Å². The number of benzene rings is 1. The Balaban J connectivity index is 2.12. The van der Waals surface area contributed by atoms with Crippen LogP contribution in [0.2, 0.25) is 10.0 Å². The van der Waals surface area contributed by atoms with E-state index in [4.69, 9.17) is 23.2 Å². The van der Waals surface area contributed by atoms with E-state index in [-0.39, 0.29) is 11.8 Å². The molecule has 1 aromatic carbocycles. The molecule has 1 N–H and O–H groups in total. The molecule has 0 radical (unpaired) electrons. The molecule has 2 rings (SSSR count). The minimum Gasteiger partial charge on any atom is -0.353 e. The van der Waals surface area contributed by atoms with Crippen LogP contribution in [0.4, 0.5) is 0 Å². The molecule has 1 atom stereocenters. The topological polar surface area (TPSA) is 49.4 Å². The van der Waals surface area contributed by atoms with Crippen molar-refractivity contribution in [1.82, 2.24) is 10.2 Å². The summed E-state index contributed by atoms with van der Waals surface area (Å²) in [6.45, 7) is 2.88. The Bertz CT molecular complexity index is 587. The van der Waals surface area contributed by atoms with Crippen LogP contribution in [-0.2, 0) is 9.59 Å². The molecular formula is C15H16Cl2N2O2. The van der Waals surface area contributed by atoms with Gasteiger partial charge in [-0.1, -0.05) is 36.2 Å². The molecule has 2 amide bonds. The lowest BCUT2D eigenvalue weighted by Gasteiger charge is -2.33. The first-order chi connectivity index (χ1) is 10.0. The van der Waals surface area contributed by atoms with Crippen molar-refractivity contribution in [2.45, 2.75) is 19.4 Å². The van der Waals surface area contributed by atoms with Crippen molar-refractivity contribution in [3.63, 3.8) is 0 Å². The van der Waals surface area contributed by atoms with Gasteiger partial charge in [0.2, 0.25) is 11.8 Å². The quantitative estimate of drug-likeness (QED) is 0.868. The molecule has 21 heavy (non-hydrogen) atoms. The van der Waals surface area contributed by atoms with Gasteiger partial charge in [-0.2, -0.15) is 0 Å². The van der Waals surface area contributed by atoms with E-state index in [2.05, 4.69) is 5.32 Å². The summed E-state index contributed by atoms with van der Waals surface area (Å²) in [7, 11) is 0. The Labute approximate surface area is 133 Å². The Kier molecular flexibility index (Phi) is 5.26. The molecule has 1 aromatic rings. The molecule has 1 fully saturated rings. The molecule has 1 saturated heterocycles. The van der Waals surface area contributed by atoms with Gasteiger partial charge in [-0.05, 0) is 30.2 Å². The Morgan fingerprint density at radius 3 is 2.90 bits per heavy atom. The number of rotatable bonds is 3. The first-order valence-electron chi connectivity index (χ1n) is 6.74. The lowest BCUT2D eigenvalue weighted by Crippen LogP contribution is -2.56. The van der Waals surface area contributed by atoms with Gasteiger partial charge in [0.1, 0.15) is 6.04 Å². The van der Waals surface area contributed by atoms with Gasteiger partial charge in [-0.3, -0.25) is 9.59 Å². The summed E-state index contributed by atoms with van der Waals surface area (Å²) in [6.07, 6.45) is 3.67. The van der Waals surface area contributed by atoms with Crippen LogP contribution < -0.4 is 5.32 Å². The summed E-state index contributed by atoms with van der Waals surface area (Å²) in [5.74, 6) is -0.294. The van der Waals surface area contributed by atoms with Crippen LogP contribution in [0.3, 0.4) is 0 Å². The lowest BCUT2D eigenvalue weighted by molar-refractivity contribution is -0.140. The number of nitrogens with zero attached hydrogens (tertiary/aromatic N) is 1. The molecule has 1 aliphatic rings. The van der Waals surface area contributed by atoms with Crippen molar-refractivity contribution >= 4 is 41.1 Å². The fourth-order valence-electron chi connectivity index (χ4n) is 2.28. The second-order valence-corrected chi connectivity index (χ2v) is 5.59. The summed E-state index contributed by atoms with van der Waals surface area (Å²) in [5.41, 5.74) is 0.712. The Morgan fingerprint density at radius 1 is 1.48 bits per heavy atom. The molecule has 1 unspecified atom stereocenters. The summed E-state index contributed by atoms with van der Waals surface area (Å²) in [6, 6.07) is 4.67. The molecule has 0 spiro atoms. The van der Waals surface area contributed by atoms with Gasteiger partial charge in [0.05, 0.1) is 0 Å². The van der Waals surface area contributed by atoms with Crippen molar-refractivity contribution in [2.75, 3.05) is 13.1 Å². The highest BCUT2D eigenvalue weighted by molar-refractivity contribution is 6.35. The number of halogens is 2. The number of amides is 2. The fourth-order valence-corrected chi connectivity index (χ4v) is 2.75. The average Bonchev–Trinajstić information content (AvgIpc) is 2.45. The summed E-state index contributed by atoms with van der Waals surface area (Å²) >= 11 is 11.9. The van der Waals surface area contributed by atoms with Gasteiger partial charge in [0.25, 0.3) is 0 Å². The number of carbonyl (C=O) groups excluding carboxylic acids is 2. The van der Waals surface area contributed by atoms with Crippen molar-refractivity contribution < 1.29 is 9.59 Å². The maximum absolute atomic E-state index is 12.3. The maximum atomic E-state index is 12.3. The molecule has 4 nitrogen and oxygen atoms in total. The van der Waals surface area contributed by atoms with Gasteiger partial charge < -0.3 is 10.2 Å². The lowest BCUT2D eigenvalue weighted by atomic mass is 10.1. The van der Waals surface area contributed by atoms with Crippen LogP contribution in [-0.4, -0.2) is 35.8 Å². The van der Waals surface area contributed by atoms with Gasteiger partial charge in [0.15, 0.2) is 0 Å². The van der Waals surface area contributed by atoms with Crippen LogP contribution >= 0.6 is 23.2 Å². The van der Waals surface area contributed by atoms with Gasteiger partial charge in [0, 0.05) is 29.2 Å². The standard InChI is InChI=1S/C15H16Cl2N2O2/c1-2-13-15(21)18-7-8-19(13)14(20)6-4-10-3-5-11(16)9-12(10)17/h3-6,9,13H,2,7-8H2,1H3,(H,18,21). The zero-order valence-corrected chi connectivity index (χ0v) is 13.1. The zero-order valence-electron chi connectivity index (χ0n) is 11.6. The van der Waals surface area contributed by atoms with E-state index in [0.717, 1.165) is 0 Å². The average molecular weight is 327 g/mol. The molecule has 6 heteroatoms. The van der Waals surface area contributed by atoms with Gasteiger partial charge in [-0.25, -0.2) is 0 Å². The number of piperazine rings is 1. The zero-order chi connectivity index (χ0) is 15.4. The van der Waals surface area contributed by atoms with Crippen LogP contribution in [0, 0.1) is 0 Å². The number of carbonyl (C=O) groups is 2. The second-order valence-electron chi connectivity index (χ2n) is 4.75. The van der Waals surface area contributed by atoms with Gasteiger partial charge >= 0.3 is 0 Å². The Hall–Kier alpha value is -1.52. The first-order valence-corrected chi connectivity index (χ1v) is 7.50. The van der Waals surface area contributed by atoms with Crippen LogP contribution in [0.1, 0.15) is 18.9 Å². The number of hydrogen-bond donors (Lipinski definition) is 1. The molecule has 0 saturated carbocycles. The molecule has 0 aliphatic carbocycles. The van der Waals surface area contributed by atoms with E-state index in [9.17, 15) is 9.59 Å². The smallest absolute Gasteiger partial charge is 0.247 e. The molecule has 112 valence electrons. The third-order valence-electron chi connectivity index (χ3n) is 3.37. The van der Waals surface area contributed by atoms with Crippen molar-refractivity contribution in [3.8, 4) is 0 Å². The van der Waals surface area contributed by atoms with E-state index >= 15 is 0 Å². The Morgan fingerprint density at radius 2 is 2.24 bits per heavy atom. The predicted molar refractivity (Wildman–Crippen MR) is 84.3 cm³/mol. The molecule has 0 aromatic heterocycles. The largest absolute Gasteiger partial charge is 0.353 e. The summed E-state index contributed by atoms with van der Waals surface area (Å²) in [5, 5.41) is 3.79. The minimum absolute atomic E-state index is 0.102. The van der Waals surface area contributed by atoms with Crippen molar-refractivity contribution in [3.05, 3.63) is 39.9 Å². The highest BCUT2D eigenvalue weighted by Crippen LogP contribution is 2.22. The monoisotopic (exact) mass is 326 g/mol. The number of nitrogens with one attached hydrogen (secondary N) is 1.